The molecule has 21 heavy (non-hydrogen) atoms. The van der Waals surface area contributed by atoms with Crippen molar-refractivity contribution in [2.24, 2.45) is 0 Å². The van der Waals surface area contributed by atoms with Gasteiger partial charge in [-0.2, -0.15) is 0 Å². The van der Waals surface area contributed by atoms with Gasteiger partial charge in [0.1, 0.15) is 0 Å². The maximum Gasteiger partial charge on any atom is 0.328 e. The van der Waals surface area contributed by atoms with E-state index >= 15 is 0 Å². The van der Waals surface area contributed by atoms with Crippen molar-refractivity contribution < 1.29 is 19.5 Å². The minimum atomic E-state index is -1.21. The van der Waals surface area contributed by atoms with Crippen LogP contribution in [0.3, 0.4) is 0 Å². The molecule has 0 aliphatic rings. The van der Waals surface area contributed by atoms with Crippen molar-refractivity contribution in [3.63, 3.8) is 0 Å². The average Bonchev–Trinajstić information content (AvgIpc) is 2.45. The van der Waals surface area contributed by atoms with E-state index in [2.05, 4.69) is 17.8 Å². The van der Waals surface area contributed by atoms with Crippen molar-refractivity contribution in [1.29, 1.82) is 0 Å². The number of carbonyl (C=O) groups excluding carboxylic acids is 2. The summed E-state index contributed by atoms with van der Waals surface area (Å²) in [7, 11) is 0. The molecule has 0 spiro atoms. The molecule has 2 amide bonds. The number of aliphatic carboxylic acids is 1. The van der Waals surface area contributed by atoms with Crippen LogP contribution in [0.1, 0.15) is 64.7 Å². The summed E-state index contributed by atoms with van der Waals surface area (Å²) < 4.78 is 0. The molecule has 0 heterocycles. The third kappa shape index (κ3) is 14.4. The van der Waals surface area contributed by atoms with E-state index in [9.17, 15) is 14.4 Å². The number of hydrogen-bond acceptors (Lipinski definition) is 3. The molecule has 3 N–H and O–H groups in total. The second-order valence-corrected chi connectivity index (χ2v) is 4.93. The number of carboxylic acid groups (broad SMARTS) is 1. The summed E-state index contributed by atoms with van der Waals surface area (Å²) >= 11 is 0. The molecular weight excluding hydrogens is 272 g/mol. The largest absolute Gasteiger partial charge is 0.478 e. The van der Waals surface area contributed by atoms with Crippen LogP contribution in [0.5, 0.6) is 0 Å². The average molecular weight is 298 g/mol. The van der Waals surface area contributed by atoms with Gasteiger partial charge in [-0.15, -0.1) is 0 Å². The number of carbonyl (C=O) groups is 3. The minimum absolute atomic E-state index is 0.266. The van der Waals surface area contributed by atoms with E-state index in [-0.39, 0.29) is 5.91 Å². The van der Waals surface area contributed by atoms with Gasteiger partial charge in [0, 0.05) is 18.6 Å². The van der Waals surface area contributed by atoms with E-state index in [4.69, 9.17) is 5.11 Å². The van der Waals surface area contributed by atoms with Crippen LogP contribution in [0, 0.1) is 0 Å². The van der Waals surface area contributed by atoms with Gasteiger partial charge < -0.3 is 5.11 Å². The highest BCUT2D eigenvalue weighted by Crippen LogP contribution is 2.09. The SMILES string of the molecule is CCCCCCCCCCC(=O)NNC(=O)C=CC(=O)O. The minimum Gasteiger partial charge on any atom is -0.478 e. The first kappa shape index (κ1) is 19.1. The van der Waals surface area contributed by atoms with E-state index in [0.29, 0.717) is 12.5 Å². The fourth-order valence-corrected chi connectivity index (χ4v) is 1.80. The van der Waals surface area contributed by atoms with Gasteiger partial charge in [0.25, 0.3) is 5.91 Å². The van der Waals surface area contributed by atoms with Crippen molar-refractivity contribution >= 4 is 17.8 Å². The highest BCUT2D eigenvalue weighted by atomic mass is 16.4. The van der Waals surface area contributed by atoms with Crippen LogP contribution >= 0.6 is 0 Å². The number of carboxylic acids is 1. The second-order valence-electron chi connectivity index (χ2n) is 4.93. The van der Waals surface area contributed by atoms with Gasteiger partial charge in [-0.05, 0) is 6.42 Å². The van der Waals surface area contributed by atoms with Gasteiger partial charge in [0.05, 0.1) is 0 Å². The van der Waals surface area contributed by atoms with Crippen LogP contribution in [0.15, 0.2) is 12.2 Å². The summed E-state index contributed by atoms with van der Waals surface area (Å²) in [5.41, 5.74) is 4.37. The summed E-state index contributed by atoms with van der Waals surface area (Å²) in [5.74, 6) is -2.14. The zero-order valence-corrected chi connectivity index (χ0v) is 12.7. The van der Waals surface area contributed by atoms with Crippen molar-refractivity contribution in [2.75, 3.05) is 0 Å². The summed E-state index contributed by atoms with van der Waals surface area (Å²) in [5, 5.41) is 8.32. The predicted octanol–water partition coefficient (Wildman–Crippen LogP) is 2.31. The Bertz CT molecular complexity index is 354. The lowest BCUT2D eigenvalue weighted by atomic mass is 10.1. The quantitative estimate of drug-likeness (QED) is 0.310. The molecule has 0 aliphatic carbocycles. The van der Waals surface area contributed by atoms with Crippen LogP contribution in [0.4, 0.5) is 0 Å². The first-order valence-electron chi connectivity index (χ1n) is 7.56. The van der Waals surface area contributed by atoms with E-state index < -0.39 is 11.9 Å². The van der Waals surface area contributed by atoms with E-state index in [1.54, 1.807) is 0 Å². The van der Waals surface area contributed by atoms with E-state index in [1.807, 2.05) is 0 Å². The van der Waals surface area contributed by atoms with Crippen LogP contribution < -0.4 is 10.9 Å². The predicted molar refractivity (Wildman–Crippen MR) is 80.3 cm³/mol. The third-order valence-corrected chi connectivity index (χ3v) is 2.96. The molecule has 0 bridgehead atoms. The number of unbranched alkanes of at least 4 members (excludes halogenated alkanes) is 7. The van der Waals surface area contributed by atoms with Crippen LogP contribution in [0.25, 0.3) is 0 Å². The van der Waals surface area contributed by atoms with Gasteiger partial charge in [0.15, 0.2) is 0 Å². The molecule has 6 nitrogen and oxygen atoms in total. The standard InChI is InChI=1S/C15H26N2O4/c1-2-3-4-5-6-7-8-9-10-13(18)16-17-14(19)11-12-15(20)21/h11-12H,2-10H2,1H3,(H,16,18)(H,17,19)(H,20,21). The van der Waals surface area contributed by atoms with E-state index in [1.165, 1.54) is 32.1 Å². The molecular formula is C15H26N2O4. The number of hydrogen-bond donors (Lipinski definition) is 3. The van der Waals surface area contributed by atoms with Gasteiger partial charge in [0.2, 0.25) is 5.91 Å². The smallest absolute Gasteiger partial charge is 0.328 e. The molecule has 0 radical (unpaired) electrons. The molecule has 0 rings (SSSR count). The topological polar surface area (TPSA) is 95.5 Å². The Morgan fingerprint density at radius 1 is 0.857 bits per heavy atom. The van der Waals surface area contributed by atoms with Crippen molar-refractivity contribution in [2.45, 2.75) is 64.7 Å². The Labute approximate surface area is 126 Å². The molecule has 0 aromatic rings. The molecule has 0 aliphatic heterocycles. The number of nitrogens with one attached hydrogen (secondary N) is 2. The number of amides is 2. The Kier molecular flexibility index (Phi) is 12.0. The van der Waals surface area contributed by atoms with Gasteiger partial charge >= 0.3 is 5.97 Å². The molecule has 6 heteroatoms. The second kappa shape index (κ2) is 13.1. The molecule has 0 aromatic heterocycles. The molecule has 0 unspecified atom stereocenters. The van der Waals surface area contributed by atoms with Crippen molar-refractivity contribution in [3.05, 3.63) is 12.2 Å². The van der Waals surface area contributed by atoms with Crippen LogP contribution in [0.2, 0.25) is 0 Å². The van der Waals surface area contributed by atoms with Gasteiger partial charge in [-0.25, -0.2) is 4.79 Å². The highest BCUT2D eigenvalue weighted by Gasteiger charge is 2.02. The number of rotatable bonds is 11. The summed E-state index contributed by atoms with van der Waals surface area (Å²) in [4.78, 5) is 32.6. The summed E-state index contributed by atoms with van der Waals surface area (Å²) in [6.07, 6.45) is 11.1. The highest BCUT2D eigenvalue weighted by molar-refractivity contribution is 5.94. The molecule has 0 saturated heterocycles. The first-order chi connectivity index (χ1) is 10.1. The Morgan fingerprint density at radius 3 is 2.00 bits per heavy atom. The zero-order chi connectivity index (χ0) is 15.9. The third-order valence-electron chi connectivity index (χ3n) is 2.96. The Morgan fingerprint density at radius 2 is 1.43 bits per heavy atom. The lowest BCUT2D eigenvalue weighted by Crippen LogP contribution is -2.40. The zero-order valence-electron chi connectivity index (χ0n) is 12.7. The summed E-state index contributed by atoms with van der Waals surface area (Å²) in [6, 6.07) is 0. The van der Waals surface area contributed by atoms with Gasteiger partial charge in [-0.1, -0.05) is 51.9 Å². The first-order valence-corrected chi connectivity index (χ1v) is 7.56. The molecule has 120 valence electrons. The van der Waals surface area contributed by atoms with E-state index in [0.717, 1.165) is 25.3 Å². The molecule has 0 fully saturated rings. The van der Waals surface area contributed by atoms with Crippen molar-refractivity contribution in [1.82, 2.24) is 10.9 Å². The molecule has 0 aromatic carbocycles. The maximum absolute atomic E-state index is 11.4. The Hall–Kier alpha value is -1.85. The van der Waals surface area contributed by atoms with Crippen molar-refractivity contribution in [3.8, 4) is 0 Å². The monoisotopic (exact) mass is 298 g/mol. The lowest BCUT2D eigenvalue weighted by Gasteiger charge is -2.05. The summed E-state index contributed by atoms with van der Waals surface area (Å²) in [6.45, 7) is 2.19. The Balaban J connectivity index is 3.46. The maximum atomic E-state index is 11.4. The van der Waals surface area contributed by atoms with Crippen LogP contribution in [-0.2, 0) is 14.4 Å². The lowest BCUT2D eigenvalue weighted by molar-refractivity contribution is -0.131. The fraction of sp³-hybridized carbons (Fsp3) is 0.667. The molecule has 0 atom stereocenters. The fourth-order valence-electron chi connectivity index (χ4n) is 1.80. The van der Waals surface area contributed by atoms with Gasteiger partial charge in [-0.3, -0.25) is 20.4 Å². The van der Waals surface area contributed by atoms with Crippen LogP contribution in [-0.4, -0.2) is 22.9 Å². The number of hydrazine groups is 1. The molecule has 0 saturated carbocycles. The normalized spacial score (nSPS) is 10.5.